The lowest BCUT2D eigenvalue weighted by molar-refractivity contribution is 1.21. The first-order valence-corrected chi connectivity index (χ1v) is 4.74. The summed E-state index contributed by atoms with van der Waals surface area (Å²) in [5.74, 6) is 0. The van der Waals surface area contributed by atoms with Crippen LogP contribution in [0.25, 0.3) is 0 Å². The molecule has 1 atom stereocenters. The van der Waals surface area contributed by atoms with Crippen LogP contribution in [0.5, 0.6) is 0 Å². The number of benzene rings is 1. The largest absolute Gasteiger partial charge is 0.196 e. The van der Waals surface area contributed by atoms with E-state index in [9.17, 15) is 0 Å². The van der Waals surface area contributed by atoms with Crippen molar-refractivity contribution in [3.05, 3.63) is 33.3 Å². The average Bonchev–Trinajstić information content (AvgIpc) is 2.08. The van der Waals surface area contributed by atoms with Crippen molar-refractivity contribution in [2.75, 3.05) is 0 Å². The van der Waals surface area contributed by atoms with Gasteiger partial charge >= 0.3 is 0 Å². The first-order chi connectivity index (χ1) is 5.65. The van der Waals surface area contributed by atoms with E-state index in [1.807, 2.05) is 6.07 Å². The fourth-order valence-electron chi connectivity index (χ4n) is 0.745. The number of rotatable bonds is 1. The Morgan fingerprint density at radius 1 is 1.50 bits per heavy atom. The molecular weight excluding hydrogens is 261 g/mol. The Morgan fingerprint density at radius 3 is 2.67 bits per heavy atom. The molecule has 0 saturated heterocycles. The molecule has 1 rings (SSSR count). The third kappa shape index (κ3) is 2.13. The fourth-order valence-corrected chi connectivity index (χ4v) is 1.39. The minimum atomic E-state index is -0.612. The molecule has 0 amide bonds. The van der Waals surface area contributed by atoms with Crippen molar-refractivity contribution in [3.8, 4) is 6.07 Å². The third-order valence-electron chi connectivity index (χ3n) is 1.35. The van der Waals surface area contributed by atoms with Gasteiger partial charge in [0.05, 0.1) is 11.1 Å². The van der Waals surface area contributed by atoms with Gasteiger partial charge in [0.25, 0.3) is 0 Å². The van der Waals surface area contributed by atoms with E-state index in [0.29, 0.717) is 5.02 Å². The van der Waals surface area contributed by atoms with E-state index in [1.54, 1.807) is 18.2 Å². The highest BCUT2D eigenvalue weighted by molar-refractivity contribution is 9.10. The minimum Gasteiger partial charge on any atom is -0.196 e. The second-order valence-electron chi connectivity index (χ2n) is 2.17. The second kappa shape index (κ2) is 4.13. The molecule has 12 heavy (non-hydrogen) atoms. The number of nitrogens with zero attached hydrogens (tertiary/aromatic N) is 1. The van der Waals surface area contributed by atoms with Gasteiger partial charge in [-0.2, -0.15) is 5.26 Å². The first kappa shape index (κ1) is 9.85. The van der Waals surface area contributed by atoms with Crippen LogP contribution in [0.15, 0.2) is 22.7 Å². The molecule has 0 saturated carbocycles. The quantitative estimate of drug-likeness (QED) is 0.706. The summed E-state index contributed by atoms with van der Waals surface area (Å²) in [5, 5.41) is 8.52. The third-order valence-corrected chi connectivity index (χ3v) is 2.91. The highest BCUT2D eigenvalue weighted by atomic mass is 79.9. The van der Waals surface area contributed by atoms with E-state index in [4.69, 9.17) is 28.5 Å². The Labute approximate surface area is 89.0 Å². The van der Waals surface area contributed by atoms with Crippen LogP contribution >= 0.6 is 39.1 Å². The maximum absolute atomic E-state index is 8.52. The summed E-state index contributed by atoms with van der Waals surface area (Å²) in [6, 6.07) is 7.10. The van der Waals surface area contributed by atoms with Crippen molar-refractivity contribution in [1.29, 1.82) is 5.26 Å². The first-order valence-electron chi connectivity index (χ1n) is 3.14. The van der Waals surface area contributed by atoms with Gasteiger partial charge in [-0.05, 0) is 33.6 Å². The molecule has 0 aliphatic heterocycles. The highest BCUT2D eigenvalue weighted by Gasteiger charge is 2.07. The summed E-state index contributed by atoms with van der Waals surface area (Å²) in [5.41, 5.74) is 0.746. The number of hydrogen-bond donors (Lipinski definition) is 0. The zero-order valence-electron chi connectivity index (χ0n) is 5.89. The summed E-state index contributed by atoms with van der Waals surface area (Å²) in [4.78, 5) is 0. The van der Waals surface area contributed by atoms with Crippen LogP contribution in [0, 0.1) is 11.3 Å². The predicted octanol–water partition coefficient (Wildman–Crippen LogP) is 3.91. The van der Waals surface area contributed by atoms with Gasteiger partial charge < -0.3 is 0 Å². The number of alkyl halides is 1. The van der Waals surface area contributed by atoms with Crippen LogP contribution in [0.2, 0.25) is 5.02 Å². The molecule has 0 radical (unpaired) electrons. The lowest BCUT2D eigenvalue weighted by Gasteiger charge is -2.02. The molecule has 0 aliphatic carbocycles. The van der Waals surface area contributed by atoms with E-state index < -0.39 is 5.38 Å². The van der Waals surface area contributed by atoms with Crippen molar-refractivity contribution in [1.82, 2.24) is 0 Å². The maximum atomic E-state index is 8.52. The van der Waals surface area contributed by atoms with Crippen LogP contribution < -0.4 is 0 Å². The van der Waals surface area contributed by atoms with Gasteiger partial charge in [0.15, 0.2) is 0 Å². The van der Waals surface area contributed by atoms with Gasteiger partial charge in [0.1, 0.15) is 5.38 Å². The smallest absolute Gasteiger partial charge is 0.145 e. The Morgan fingerprint density at radius 2 is 2.17 bits per heavy atom. The SMILES string of the molecule is N#CC(Cl)c1ccc(Cl)c(Br)c1. The number of nitriles is 1. The van der Waals surface area contributed by atoms with Gasteiger partial charge in [0, 0.05) is 4.47 Å². The number of halogens is 3. The van der Waals surface area contributed by atoms with E-state index >= 15 is 0 Å². The zero-order valence-corrected chi connectivity index (χ0v) is 8.99. The molecule has 0 spiro atoms. The monoisotopic (exact) mass is 263 g/mol. The minimum absolute atomic E-state index is 0.612. The lowest BCUT2D eigenvalue weighted by atomic mass is 10.2. The topological polar surface area (TPSA) is 23.8 Å². The van der Waals surface area contributed by atoms with Gasteiger partial charge in [0.2, 0.25) is 0 Å². The van der Waals surface area contributed by atoms with E-state index in [-0.39, 0.29) is 0 Å². The van der Waals surface area contributed by atoms with Crippen LogP contribution in [0.4, 0.5) is 0 Å². The van der Waals surface area contributed by atoms with Crippen molar-refractivity contribution >= 4 is 39.1 Å². The van der Waals surface area contributed by atoms with Crippen molar-refractivity contribution in [2.45, 2.75) is 5.38 Å². The molecule has 0 aromatic heterocycles. The van der Waals surface area contributed by atoms with Crippen LogP contribution in [0.1, 0.15) is 10.9 Å². The summed E-state index contributed by atoms with van der Waals surface area (Å²) < 4.78 is 0.752. The second-order valence-corrected chi connectivity index (χ2v) is 3.86. The molecule has 0 fully saturated rings. The molecule has 0 heterocycles. The van der Waals surface area contributed by atoms with Crippen molar-refractivity contribution < 1.29 is 0 Å². The molecule has 0 bridgehead atoms. The van der Waals surface area contributed by atoms with Gasteiger partial charge in [-0.25, -0.2) is 0 Å². The molecule has 1 aromatic rings. The van der Waals surface area contributed by atoms with Crippen LogP contribution in [-0.2, 0) is 0 Å². The van der Waals surface area contributed by atoms with E-state index in [1.165, 1.54) is 0 Å². The molecule has 4 heteroatoms. The molecule has 0 aliphatic rings. The number of hydrogen-bond acceptors (Lipinski definition) is 1. The Hall–Kier alpha value is -0.230. The van der Waals surface area contributed by atoms with Gasteiger partial charge in [-0.15, -0.1) is 11.6 Å². The average molecular weight is 265 g/mol. The Balaban J connectivity index is 3.06. The summed E-state index contributed by atoms with van der Waals surface area (Å²) in [6.45, 7) is 0. The molecule has 1 aromatic carbocycles. The Kier molecular flexibility index (Phi) is 3.39. The lowest BCUT2D eigenvalue weighted by Crippen LogP contribution is -1.85. The maximum Gasteiger partial charge on any atom is 0.145 e. The van der Waals surface area contributed by atoms with Gasteiger partial charge in [-0.1, -0.05) is 17.7 Å². The van der Waals surface area contributed by atoms with E-state index in [0.717, 1.165) is 10.0 Å². The molecule has 1 nitrogen and oxygen atoms in total. The fraction of sp³-hybridized carbons (Fsp3) is 0.125. The van der Waals surface area contributed by atoms with Crippen molar-refractivity contribution in [2.24, 2.45) is 0 Å². The normalized spacial score (nSPS) is 12.2. The summed E-state index contributed by atoms with van der Waals surface area (Å²) in [7, 11) is 0. The molecule has 1 unspecified atom stereocenters. The highest BCUT2D eigenvalue weighted by Crippen LogP contribution is 2.28. The summed E-state index contributed by atoms with van der Waals surface area (Å²) >= 11 is 14.7. The molecule has 62 valence electrons. The van der Waals surface area contributed by atoms with Gasteiger partial charge in [-0.3, -0.25) is 0 Å². The molecule has 0 N–H and O–H groups in total. The van der Waals surface area contributed by atoms with Crippen LogP contribution in [0.3, 0.4) is 0 Å². The zero-order chi connectivity index (χ0) is 9.14. The Bertz CT molecular complexity index is 332. The standard InChI is InChI=1S/C8H4BrCl2N/c9-6-3-5(8(11)4-12)1-2-7(6)10/h1-3,8H. The van der Waals surface area contributed by atoms with Crippen LogP contribution in [-0.4, -0.2) is 0 Å². The molecular formula is C8H4BrCl2N. The summed E-state index contributed by atoms with van der Waals surface area (Å²) in [6.07, 6.45) is 0. The predicted molar refractivity (Wildman–Crippen MR) is 53.4 cm³/mol. The van der Waals surface area contributed by atoms with E-state index in [2.05, 4.69) is 15.9 Å². The van der Waals surface area contributed by atoms with Crippen molar-refractivity contribution in [3.63, 3.8) is 0 Å².